The number of esters is 1. The topological polar surface area (TPSA) is 117 Å². The van der Waals surface area contributed by atoms with Gasteiger partial charge >= 0.3 is 11.9 Å². The van der Waals surface area contributed by atoms with E-state index in [1.54, 1.807) is 0 Å². The molecule has 2 N–H and O–H groups in total. The molecule has 1 aromatic heterocycles. The smallest absolute Gasteiger partial charge is 0.353 e. The molecule has 3 rings (SSSR count). The van der Waals surface area contributed by atoms with Crippen molar-refractivity contribution in [2.45, 2.75) is 18.4 Å². The van der Waals surface area contributed by atoms with Gasteiger partial charge in [-0.15, -0.1) is 0 Å². The summed E-state index contributed by atoms with van der Waals surface area (Å²) in [5, 5.41) is 18.8. The number of nitrogens with zero attached hydrogens (tertiary/aromatic N) is 2. The van der Waals surface area contributed by atoms with Gasteiger partial charge in [-0.3, -0.25) is 14.7 Å². The number of amides is 1. The lowest BCUT2D eigenvalue weighted by Crippen LogP contribution is -2.60. The van der Waals surface area contributed by atoms with Gasteiger partial charge in [0.15, 0.2) is 0 Å². The highest BCUT2D eigenvalue weighted by Gasteiger charge is 2.58. The summed E-state index contributed by atoms with van der Waals surface area (Å²) in [6.45, 7) is 1.49. The second kappa shape index (κ2) is 5.91. The molecular formula is C15H14N2O6S. The normalized spacial score (nSPS) is 23.6. The fourth-order valence-corrected chi connectivity index (χ4v) is 4.47. The summed E-state index contributed by atoms with van der Waals surface area (Å²) in [5.41, 5.74) is 0.251. The number of rotatable bonds is 4. The lowest BCUT2D eigenvalue weighted by atomic mass is 9.92. The van der Waals surface area contributed by atoms with Crippen LogP contribution in [0.25, 0.3) is 4.91 Å². The molecule has 0 aromatic carbocycles. The number of pyridine rings is 1. The zero-order valence-electron chi connectivity index (χ0n) is 12.8. The molecule has 1 aromatic rings. The van der Waals surface area contributed by atoms with Gasteiger partial charge < -0.3 is 14.9 Å². The van der Waals surface area contributed by atoms with Gasteiger partial charge in [0.25, 0.3) is 0 Å². The molecule has 0 spiro atoms. The minimum atomic E-state index is -1.28. The van der Waals surface area contributed by atoms with Crippen molar-refractivity contribution in [3.63, 3.8) is 0 Å². The Labute approximate surface area is 141 Å². The lowest BCUT2D eigenvalue weighted by Gasteiger charge is -2.43. The summed E-state index contributed by atoms with van der Waals surface area (Å²) in [7, 11) is 1.22. The third-order valence-electron chi connectivity index (χ3n) is 3.97. The number of methoxy groups -OCH3 is 1. The van der Waals surface area contributed by atoms with E-state index in [0.29, 0.717) is 5.56 Å². The summed E-state index contributed by atoms with van der Waals surface area (Å²) in [6, 6.07) is 1.43. The van der Waals surface area contributed by atoms with Crippen LogP contribution in [0.5, 0.6) is 0 Å². The van der Waals surface area contributed by atoms with Crippen LogP contribution in [0.1, 0.15) is 22.8 Å². The number of fused-ring (bicyclic) bond motifs is 1. The first kappa shape index (κ1) is 16.5. The summed E-state index contributed by atoms with van der Waals surface area (Å²) >= 11 is 1.13. The minimum absolute atomic E-state index is 0.164. The first-order valence-electron chi connectivity index (χ1n) is 7.06. The predicted octanol–water partition coefficient (Wildman–Crippen LogP) is 0.533. The molecule has 8 nitrogen and oxygen atoms in total. The maximum absolute atomic E-state index is 12.2. The number of aromatic nitrogens is 1. The fraction of sp³-hybridized carbons (Fsp3) is 0.333. The first-order valence-corrected chi connectivity index (χ1v) is 7.94. The molecule has 1 saturated heterocycles. The quantitative estimate of drug-likeness (QED) is 0.597. The van der Waals surface area contributed by atoms with E-state index in [1.165, 1.54) is 32.5 Å². The Bertz CT molecular complexity index is 775. The number of carbonyl (C=O) groups excluding carboxylic acids is 2. The van der Waals surface area contributed by atoms with E-state index < -0.39 is 35.2 Å². The summed E-state index contributed by atoms with van der Waals surface area (Å²) in [6.07, 6.45) is 1.87. The van der Waals surface area contributed by atoms with E-state index in [4.69, 9.17) is 4.74 Å². The van der Waals surface area contributed by atoms with Crippen LogP contribution >= 0.6 is 11.8 Å². The monoisotopic (exact) mass is 350 g/mol. The number of carboxylic acid groups (broad SMARTS) is 1. The Hall–Kier alpha value is -2.39. The van der Waals surface area contributed by atoms with E-state index >= 15 is 0 Å². The van der Waals surface area contributed by atoms with Gasteiger partial charge in [0.1, 0.15) is 11.1 Å². The Kier molecular flexibility index (Phi) is 4.06. The summed E-state index contributed by atoms with van der Waals surface area (Å²) in [4.78, 5) is 41.2. The molecule has 2 aliphatic rings. The molecule has 0 unspecified atom stereocenters. The van der Waals surface area contributed by atoms with Crippen LogP contribution in [0, 0.1) is 5.92 Å². The van der Waals surface area contributed by atoms with E-state index in [0.717, 1.165) is 16.7 Å². The third-order valence-corrected chi connectivity index (χ3v) is 5.37. The van der Waals surface area contributed by atoms with Crippen molar-refractivity contribution in [3.8, 4) is 0 Å². The van der Waals surface area contributed by atoms with Crippen LogP contribution in [0.15, 0.2) is 24.2 Å². The molecule has 0 aliphatic carbocycles. The van der Waals surface area contributed by atoms with Gasteiger partial charge in [0, 0.05) is 18.0 Å². The van der Waals surface area contributed by atoms with Crippen LogP contribution in [0.3, 0.4) is 0 Å². The number of aliphatic carboxylic acids is 1. The van der Waals surface area contributed by atoms with Gasteiger partial charge in [-0.25, -0.2) is 9.59 Å². The Balaban J connectivity index is 2.10. The molecule has 3 atom stereocenters. The van der Waals surface area contributed by atoms with Crippen molar-refractivity contribution in [2.24, 2.45) is 5.92 Å². The van der Waals surface area contributed by atoms with Gasteiger partial charge in [-0.1, -0.05) is 11.8 Å². The number of ether oxygens (including phenoxy) is 1. The molecule has 3 heterocycles. The number of carboxylic acids is 1. The van der Waals surface area contributed by atoms with Crippen molar-refractivity contribution in [1.29, 1.82) is 0 Å². The number of hydrogen-bond acceptors (Lipinski definition) is 7. The number of thioether (sulfide) groups is 1. The van der Waals surface area contributed by atoms with Gasteiger partial charge in [-0.05, 0) is 13.0 Å². The first-order chi connectivity index (χ1) is 11.4. The number of hydrogen-bond donors (Lipinski definition) is 2. The van der Waals surface area contributed by atoms with Gasteiger partial charge in [0.05, 0.1) is 29.6 Å². The maximum atomic E-state index is 12.2. The van der Waals surface area contributed by atoms with Crippen LogP contribution in [-0.2, 0) is 14.3 Å². The molecule has 1 amide bonds. The van der Waals surface area contributed by atoms with E-state index in [9.17, 15) is 24.6 Å². The molecule has 2 aliphatic heterocycles. The zero-order valence-corrected chi connectivity index (χ0v) is 13.6. The summed E-state index contributed by atoms with van der Waals surface area (Å²) in [5.74, 6) is -3.03. The molecule has 126 valence electrons. The standard InChI is InChI=1S/C15H14N2O6S/c1-6(18)9-12(19)17-10(14(20)21)11(24-13(9)17)8-5-16-4-3-7(8)15(22)23-2/h3-6,9,13,18H,1-2H3,(H,20,21)/t6-,9+,13-/m1/s1. The molecule has 0 saturated carbocycles. The van der Waals surface area contributed by atoms with Crippen molar-refractivity contribution in [2.75, 3.05) is 7.11 Å². The third kappa shape index (κ3) is 2.28. The molecule has 0 bridgehead atoms. The Morgan fingerprint density at radius 3 is 2.75 bits per heavy atom. The number of β-lactam (4-membered cyclic amide) rings is 1. The van der Waals surface area contributed by atoms with Crippen LogP contribution in [0.4, 0.5) is 0 Å². The van der Waals surface area contributed by atoms with Crippen molar-refractivity contribution < 1.29 is 29.3 Å². The largest absolute Gasteiger partial charge is 0.477 e. The zero-order chi connectivity index (χ0) is 17.6. The van der Waals surface area contributed by atoms with Crippen molar-refractivity contribution in [3.05, 3.63) is 35.3 Å². The highest BCUT2D eigenvalue weighted by atomic mass is 32.2. The van der Waals surface area contributed by atoms with E-state index in [-0.39, 0.29) is 16.2 Å². The molecule has 1 fully saturated rings. The van der Waals surface area contributed by atoms with Crippen LogP contribution < -0.4 is 0 Å². The number of aliphatic hydroxyl groups is 1. The molecule has 9 heteroatoms. The van der Waals surface area contributed by atoms with Crippen LogP contribution in [0.2, 0.25) is 0 Å². The average molecular weight is 350 g/mol. The second-order valence-electron chi connectivity index (χ2n) is 5.38. The van der Waals surface area contributed by atoms with Crippen molar-refractivity contribution >= 4 is 34.5 Å². The van der Waals surface area contributed by atoms with Crippen LogP contribution in [-0.4, -0.2) is 56.5 Å². The highest BCUT2D eigenvalue weighted by molar-refractivity contribution is 8.09. The number of aliphatic hydroxyl groups excluding tert-OH is 1. The Morgan fingerprint density at radius 1 is 1.46 bits per heavy atom. The SMILES string of the molecule is COC(=O)c1ccncc1C1=C(C(=O)O)N2C(=O)[C@H]([C@@H](C)O)[C@H]2S1. The highest BCUT2D eigenvalue weighted by Crippen LogP contribution is 2.54. The Morgan fingerprint density at radius 2 is 2.17 bits per heavy atom. The van der Waals surface area contributed by atoms with Gasteiger partial charge in [0.2, 0.25) is 5.91 Å². The lowest BCUT2D eigenvalue weighted by molar-refractivity contribution is -0.156. The van der Waals surface area contributed by atoms with E-state index in [1.807, 2.05) is 0 Å². The van der Waals surface area contributed by atoms with Gasteiger partial charge in [-0.2, -0.15) is 0 Å². The predicted molar refractivity (Wildman–Crippen MR) is 83.5 cm³/mol. The van der Waals surface area contributed by atoms with E-state index in [2.05, 4.69) is 4.98 Å². The second-order valence-corrected chi connectivity index (χ2v) is 6.51. The average Bonchev–Trinajstić information content (AvgIpc) is 2.88. The maximum Gasteiger partial charge on any atom is 0.353 e. The summed E-state index contributed by atoms with van der Waals surface area (Å²) < 4.78 is 4.72. The molecule has 0 radical (unpaired) electrons. The molecular weight excluding hydrogens is 336 g/mol. The van der Waals surface area contributed by atoms with Crippen molar-refractivity contribution in [1.82, 2.24) is 9.88 Å². The fourth-order valence-electron chi connectivity index (χ4n) is 2.84. The molecule has 24 heavy (non-hydrogen) atoms. The minimum Gasteiger partial charge on any atom is -0.477 e. The number of carbonyl (C=O) groups is 3.